The van der Waals surface area contributed by atoms with E-state index in [0.29, 0.717) is 10.9 Å². The number of carbonyl (C=O) groups excluding carboxylic acids is 1. The van der Waals surface area contributed by atoms with Crippen molar-refractivity contribution < 1.29 is 9.90 Å². The van der Waals surface area contributed by atoms with Gasteiger partial charge in [0.15, 0.2) is 5.78 Å². The van der Waals surface area contributed by atoms with Gasteiger partial charge in [-0.05, 0) is 28.7 Å². The Morgan fingerprint density at radius 1 is 1.11 bits per heavy atom. The van der Waals surface area contributed by atoms with Crippen molar-refractivity contribution in [1.82, 2.24) is 0 Å². The molecule has 1 N–H and O–H groups in total. The van der Waals surface area contributed by atoms with Crippen molar-refractivity contribution in [1.29, 1.82) is 0 Å². The Morgan fingerprint density at radius 3 is 2.05 bits per heavy atom. The zero-order valence-corrected chi connectivity index (χ0v) is 14.0. The number of benzene rings is 1. The summed E-state index contributed by atoms with van der Waals surface area (Å²) in [7, 11) is 0. The SMILES string of the molecule is CC(C)(C)c1cc(C(=O)CBr)cc(C(C)(C)CO)c1. The largest absolute Gasteiger partial charge is 0.395 e. The quantitative estimate of drug-likeness (QED) is 0.674. The number of rotatable bonds is 4. The van der Waals surface area contributed by atoms with Crippen LogP contribution in [0.1, 0.15) is 56.1 Å². The van der Waals surface area contributed by atoms with Gasteiger partial charge in [0.25, 0.3) is 0 Å². The third kappa shape index (κ3) is 3.90. The average Bonchev–Trinajstić information content (AvgIpc) is 2.36. The molecular formula is C16H23BrO2. The molecule has 0 unspecified atom stereocenters. The van der Waals surface area contributed by atoms with Crippen molar-refractivity contribution >= 4 is 21.7 Å². The molecule has 0 atom stereocenters. The molecular weight excluding hydrogens is 304 g/mol. The molecule has 3 heteroatoms. The Kier molecular flexibility index (Phi) is 4.97. The van der Waals surface area contributed by atoms with Crippen LogP contribution >= 0.6 is 15.9 Å². The van der Waals surface area contributed by atoms with Gasteiger partial charge in [-0.3, -0.25) is 4.79 Å². The summed E-state index contributed by atoms with van der Waals surface area (Å²) < 4.78 is 0. The first-order valence-corrected chi connectivity index (χ1v) is 7.60. The van der Waals surface area contributed by atoms with Gasteiger partial charge < -0.3 is 5.11 Å². The lowest BCUT2D eigenvalue weighted by atomic mass is 9.78. The van der Waals surface area contributed by atoms with E-state index in [2.05, 4.69) is 42.8 Å². The van der Waals surface area contributed by atoms with Gasteiger partial charge in [0.05, 0.1) is 11.9 Å². The smallest absolute Gasteiger partial charge is 0.173 e. The molecule has 1 rings (SSSR count). The molecule has 106 valence electrons. The Morgan fingerprint density at radius 2 is 1.63 bits per heavy atom. The number of carbonyl (C=O) groups is 1. The van der Waals surface area contributed by atoms with Crippen molar-refractivity contribution in [2.45, 2.75) is 45.4 Å². The second-order valence-corrected chi connectivity index (χ2v) is 7.21. The fourth-order valence-corrected chi connectivity index (χ4v) is 2.10. The van der Waals surface area contributed by atoms with Gasteiger partial charge >= 0.3 is 0 Å². The number of hydrogen-bond donors (Lipinski definition) is 1. The molecule has 0 heterocycles. The Bertz CT molecular complexity index is 470. The highest BCUT2D eigenvalue weighted by Gasteiger charge is 2.24. The van der Waals surface area contributed by atoms with E-state index in [9.17, 15) is 9.90 Å². The highest BCUT2D eigenvalue weighted by Crippen LogP contribution is 2.30. The minimum atomic E-state index is -0.345. The highest BCUT2D eigenvalue weighted by molar-refractivity contribution is 9.09. The Hall–Kier alpha value is -0.670. The lowest BCUT2D eigenvalue weighted by molar-refractivity contribution is 0.102. The number of aliphatic hydroxyl groups excluding tert-OH is 1. The van der Waals surface area contributed by atoms with Gasteiger partial charge in [-0.2, -0.15) is 0 Å². The number of alkyl halides is 1. The van der Waals surface area contributed by atoms with Gasteiger partial charge in [-0.1, -0.05) is 56.6 Å². The number of aliphatic hydroxyl groups is 1. The molecule has 0 aromatic heterocycles. The van der Waals surface area contributed by atoms with Crippen molar-refractivity contribution in [2.75, 3.05) is 11.9 Å². The van der Waals surface area contributed by atoms with E-state index in [0.717, 1.165) is 11.1 Å². The van der Waals surface area contributed by atoms with E-state index < -0.39 is 0 Å². The van der Waals surface area contributed by atoms with Gasteiger partial charge in [-0.25, -0.2) is 0 Å². The summed E-state index contributed by atoms with van der Waals surface area (Å²) >= 11 is 3.22. The molecule has 2 nitrogen and oxygen atoms in total. The van der Waals surface area contributed by atoms with E-state index in [4.69, 9.17) is 0 Å². The molecule has 19 heavy (non-hydrogen) atoms. The second kappa shape index (κ2) is 5.76. The van der Waals surface area contributed by atoms with E-state index in [1.165, 1.54) is 0 Å². The molecule has 0 amide bonds. The molecule has 1 aromatic rings. The molecule has 0 aliphatic rings. The lowest BCUT2D eigenvalue weighted by Crippen LogP contribution is -2.24. The fourth-order valence-electron chi connectivity index (χ4n) is 1.78. The van der Waals surface area contributed by atoms with Crippen LogP contribution in [-0.2, 0) is 10.8 Å². The molecule has 0 radical (unpaired) electrons. The van der Waals surface area contributed by atoms with Gasteiger partial charge in [0.1, 0.15) is 0 Å². The normalized spacial score (nSPS) is 12.6. The summed E-state index contributed by atoms with van der Waals surface area (Å²) in [5.41, 5.74) is 2.47. The van der Waals surface area contributed by atoms with E-state index >= 15 is 0 Å². The topological polar surface area (TPSA) is 37.3 Å². The van der Waals surface area contributed by atoms with Crippen molar-refractivity contribution in [3.8, 4) is 0 Å². The molecule has 0 aliphatic heterocycles. The van der Waals surface area contributed by atoms with Gasteiger partial charge in [-0.15, -0.1) is 0 Å². The van der Waals surface area contributed by atoms with Crippen LogP contribution in [0.5, 0.6) is 0 Å². The van der Waals surface area contributed by atoms with Crippen LogP contribution in [0, 0.1) is 0 Å². The summed E-state index contributed by atoms with van der Waals surface area (Å²) in [6.45, 7) is 10.4. The number of Topliss-reactive ketones (excluding diaryl/α,β-unsaturated/α-hetero) is 1. The Balaban J connectivity index is 3.45. The summed E-state index contributed by atoms with van der Waals surface area (Å²) in [5.74, 6) is 0.0705. The summed E-state index contributed by atoms with van der Waals surface area (Å²) in [6, 6.07) is 5.96. The number of halogens is 1. The lowest BCUT2D eigenvalue weighted by Gasteiger charge is -2.27. The maximum atomic E-state index is 12.0. The maximum absolute atomic E-state index is 12.0. The van der Waals surface area contributed by atoms with Crippen LogP contribution in [0.15, 0.2) is 18.2 Å². The third-order valence-electron chi connectivity index (χ3n) is 3.42. The summed E-state index contributed by atoms with van der Waals surface area (Å²) in [5, 5.41) is 9.85. The van der Waals surface area contributed by atoms with Crippen molar-refractivity contribution in [3.05, 3.63) is 34.9 Å². The predicted molar refractivity (Wildman–Crippen MR) is 83.4 cm³/mol. The monoisotopic (exact) mass is 326 g/mol. The third-order valence-corrected chi connectivity index (χ3v) is 3.93. The highest BCUT2D eigenvalue weighted by atomic mass is 79.9. The van der Waals surface area contributed by atoms with Crippen LogP contribution in [0.25, 0.3) is 0 Å². The van der Waals surface area contributed by atoms with Crippen LogP contribution < -0.4 is 0 Å². The van der Waals surface area contributed by atoms with Crippen LogP contribution in [0.4, 0.5) is 0 Å². The van der Waals surface area contributed by atoms with Crippen LogP contribution in [0.3, 0.4) is 0 Å². The summed E-state index contributed by atoms with van der Waals surface area (Å²) in [6.07, 6.45) is 0. The molecule has 0 saturated carbocycles. The van der Waals surface area contributed by atoms with Gasteiger partial charge in [0, 0.05) is 11.0 Å². The fraction of sp³-hybridized carbons (Fsp3) is 0.562. The number of ketones is 1. The zero-order valence-electron chi connectivity index (χ0n) is 12.4. The molecule has 0 fully saturated rings. The maximum Gasteiger partial charge on any atom is 0.173 e. The predicted octanol–water partition coefficient (Wildman–Crippen LogP) is 3.83. The van der Waals surface area contributed by atoms with E-state index in [1.807, 2.05) is 26.0 Å². The van der Waals surface area contributed by atoms with Crippen LogP contribution in [0.2, 0.25) is 0 Å². The number of hydrogen-bond acceptors (Lipinski definition) is 2. The molecule has 0 spiro atoms. The molecule has 1 aromatic carbocycles. The van der Waals surface area contributed by atoms with Gasteiger partial charge in [0.2, 0.25) is 0 Å². The molecule has 0 bridgehead atoms. The second-order valence-electron chi connectivity index (χ2n) is 6.65. The van der Waals surface area contributed by atoms with Crippen molar-refractivity contribution in [3.63, 3.8) is 0 Å². The summed E-state index contributed by atoms with van der Waals surface area (Å²) in [4.78, 5) is 12.0. The first-order chi connectivity index (χ1) is 8.61. The minimum Gasteiger partial charge on any atom is -0.395 e. The van der Waals surface area contributed by atoms with Crippen LogP contribution in [-0.4, -0.2) is 22.8 Å². The first kappa shape index (κ1) is 16.4. The molecule has 0 aliphatic carbocycles. The van der Waals surface area contributed by atoms with E-state index in [-0.39, 0.29) is 23.2 Å². The Labute approximate surface area is 124 Å². The molecule has 0 saturated heterocycles. The average molecular weight is 327 g/mol. The standard InChI is InChI=1S/C16H23BrO2/c1-15(2,3)12-6-11(14(19)9-17)7-13(8-12)16(4,5)10-18/h6-8,18H,9-10H2,1-5H3. The minimum absolute atomic E-state index is 0.0249. The zero-order chi connectivity index (χ0) is 14.8. The van der Waals surface area contributed by atoms with E-state index in [1.54, 1.807) is 0 Å². The first-order valence-electron chi connectivity index (χ1n) is 6.48. The van der Waals surface area contributed by atoms with Crippen molar-refractivity contribution in [2.24, 2.45) is 0 Å².